The van der Waals surface area contributed by atoms with Crippen LogP contribution in [0, 0.1) is 0 Å². The van der Waals surface area contributed by atoms with E-state index in [4.69, 9.17) is 14.2 Å². The highest BCUT2D eigenvalue weighted by atomic mass is 16.7. The van der Waals surface area contributed by atoms with E-state index in [0.29, 0.717) is 24.5 Å². The standard InChI is InChI=1S/C18H19NO4/c1-3-21-15-7-4-13(5-8-15)10-18(20)19(2)14-6-9-16-17(11-14)23-12-22-16/h4-9,11H,3,10,12H2,1-2H3. The number of carbonyl (C=O) groups is 1. The van der Waals surface area contributed by atoms with Crippen LogP contribution < -0.4 is 19.1 Å². The van der Waals surface area contributed by atoms with E-state index in [9.17, 15) is 4.79 Å². The molecule has 3 rings (SSSR count). The number of likely N-dealkylation sites (N-methyl/N-ethyl adjacent to an activating group) is 1. The zero-order chi connectivity index (χ0) is 16.2. The Morgan fingerprint density at radius 2 is 1.87 bits per heavy atom. The maximum Gasteiger partial charge on any atom is 0.231 e. The summed E-state index contributed by atoms with van der Waals surface area (Å²) in [5, 5.41) is 0. The first-order valence-electron chi connectivity index (χ1n) is 7.55. The molecule has 0 saturated heterocycles. The first kappa shape index (κ1) is 15.2. The summed E-state index contributed by atoms with van der Waals surface area (Å²) >= 11 is 0. The molecule has 0 N–H and O–H groups in total. The van der Waals surface area contributed by atoms with Crippen LogP contribution in [0.25, 0.3) is 0 Å². The molecule has 5 heteroatoms. The summed E-state index contributed by atoms with van der Waals surface area (Å²) < 4.78 is 16.0. The molecule has 0 aliphatic carbocycles. The number of rotatable bonds is 5. The summed E-state index contributed by atoms with van der Waals surface area (Å²) in [6.45, 7) is 2.80. The predicted molar refractivity (Wildman–Crippen MR) is 87.3 cm³/mol. The van der Waals surface area contributed by atoms with Gasteiger partial charge in [0.1, 0.15) is 5.75 Å². The molecule has 0 atom stereocenters. The highest BCUT2D eigenvalue weighted by molar-refractivity contribution is 5.94. The normalized spacial score (nSPS) is 12.1. The van der Waals surface area contributed by atoms with E-state index in [-0.39, 0.29) is 12.7 Å². The van der Waals surface area contributed by atoms with Gasteiger partial charge in [-0.15, -0.1) is 0 Å². The first-order valence-corrected chi connectivity index (χ1v) is 7.55. The zero-order valence-electron chi connectivity index (χ0n) is 13.2. The second kappa shape index (κ2) is 6.60. The minimum absolute atomic E-state index is 0.00743. The van der Waals surface area contributed by atoms with E-state index in [2.05, 4.69) is 0 Å². The van der Waals surface area contributed by atoms with E-state index >= 15 is 0 Å². The minimum atomic E-state index is 0.00743. The molecule has 1 aliphatic rings. The molecule has 2 aromatic rings. The van der Waals surface area contributed by atoms with E-state index in [1.54, 1.807) is 11.9 Å². The Labute approximate surface area is 135 Å². The quantitative estimate of drug-likeness (QED) is 0.851. The molecule has 0 fully saturated rings. The lowest BCUT2D eigenvalue weighted by atomic mass is 10.1. The topological polar surface area (TPSA) is 48.0 Å². The van der Waals surface area contributed by atoms with Gasteiger partial charge in [-0.1, -0.05) is 12.1 Å². The van der Waals surface area contributed by atoms with Gasteiger partial charge in [0.2, 0.25) is 12.7 Å². The van der Waals surface area contributed by atoms with E-state index in [1.165, 1.54) is 0 Å². The minimum Gasteiger partial charge on any atom is -0.494 e. The molecule has 2 aromatic carbocycles. The van der Waals surface area contributed by atoms with Crippen molar-refractivity contribution in [1.29, 1.82) is 0 Å². The van der Waals surface area contributed by atoms with Crippen LogP contribution >= 0.6 is 0 Å². The lowest BCUT2D eigenvalue weighted by Crippen LogP contribution is -2.27. The maximum absolute atomic E-state index is 12.4. The van der Waals surface area contributed by atoms with E-state index < -0.39 is 0 Å². The molecule has 1 aliphatic heterocycles. The summed E-state index contributed by atoms with van der Waals surface area (Å²) in [6, 6.07) is 13.1. The summed E-state index contributed by atoms with van der Waals surface area (Å²) in [5.41, 5.74) is 1.73. The second-order valence-electron chi connectivity index (χ2n) is 5.24. The van der Waals surface area contributed by atoms with Crippen LogP contribution in [0.5, 0.6) is 17.2 Å². The van der Waals surface area contributed by atoms with Gasteiger partial charge in [0.15, 0.2) is 11.5 Å². The Morgan fingerprint density at radius 1 is 1.13 bits per heavy atom. The Bertz CT molecular complexity index is 697. The van der Waals surface area contributed by atoms with Gasteiger partial charge in [0, 0.05) is 18.8 Å². The van der Waals surface area contributed by atoms with Crippen LogP contribution in [0.3, 0.4) is 0 Å². The number of amides is 1. The Balaban J connectivity index is 1.67. The van der Waals surface area contributed by atoms with Gasteiger partial charge in [-0.2, -0.15) is 0 Å². The van der Waals surface area contributed by atoms with Crippen molar-refractivity contribution in [2.75, 3.05) is 25.3 Å². The van der Waals surface area contributed by atoms with Crippen molar-refractivity contribution in [3.05, 3.63) is 48.0 Å². The zero-order valence-corrected chi connectivity index (χ0v) is 13.2. The SMILES string of the molecule is CCOc1ccc(CC(=O)N(C)c2ccc3c(c2)OCO3)cc1. The molecule has 0 radical (unpaired) electrons. The molecular formula is C18H19NO4. The molecule has 5 nitrogen and oxygen atoms in total. The molecule has 1 heterocycles. The Morgan fingerprint density at radius 3 is 2.61 bits per heavy atom. The fourth-order valence-electron chi connectivity index (χ4n) is 2.40. The molecule has 120 valence electrons. The molecule has 23 heavy (non-hydrogen) atoms. The molecule has 0 unspecified atom stereocenters. The fraction of sp³-hybridized carbons (Fsp3) is 0.278. The number of ether oxygens (including phenoxy) is 3. The number of hydrogen-bond acceptors (Lipinski definition) is 4. The molecule has 0 spiro atoms. The highest BCUT2D eigenvalue weighted by Crippen LogP contribution is 2.35. The monoisotopic (exact) mass is 313 g/mol. The smallest absolute Gasteiger partial charge is 0.231 e. The van der Waals surface area contributed by atoms with Crippen molar-refractivity contribution in [3.8, 4) is 17.2 Å². The fourth-order valence-corrected chi connectivity index (χ4v) is 2.40. The summed E-state index contributed by atoms with van der Waals surface area (Å²) in [7, 11) is 1.76. The first-order chi connectivity index (χ1) is 11.2. The highest BCUT2D eigenvalue weighted by Gasteiger charge is 2.17. The van der Waals surface area contributed by atoms with Gasteiger partial charge >= 0.3 is 0 Å². The molecule has 0 saturated carbocycles. The van der Waals surface area contributed by atoms with Crippen LogP contribution in [-0.2, 0) is 11.2 Å². The largest absolute Gasteiger partial charge is 0.494 e. The molecule has 0 bridgehead atoms. The average Bonchev–Trinajstić information content (AvgIpc) is 3.03. The number of benzene rings is 2. The Hall–Kier alpha value is -2.69. The van der Waals surface area contributed by atoms with Crippen molar-refractivity contribution in [1.82, 2.24) is 0 Å². The summed E-state index contributed by atoms with van der Waals surface area (Å²) in [6.07, 6.45) is 0.331. The summed E-state index contributed by atoms with van der Waals surface area (Å²) in [4.78, 5) is 14.1. The third-order valence-electron chi connectivity index (χ3n) is 3.71. The van der Waals surface area contributed by atoms with Gasteiger partial charge in [0.05, 0.1) is 13.0 Å². The average molecular weight is 313 g/mol. The number of carbonyl (C=O) groups excluding carboxylic acids is 1. The Kier molecular flexibility index (Phi) is 4.37. The van der Waals surface area contributed by atoms with Crippen molar-refractivity contribution >= 4 is 11.6 Å². The number of fused-ring (bicyclic) bond motifs is 1. The van der Waals surface area contributed by atoms with Crippen molar-refractivity contribution in [2.45, 2.75) is 13.3 Å². The second-order valence-corrected chi connectivity index (χ2v) is 5.24. The summed E-state index contributed by atoms with van der Waals surface area (Å²) in [5.74, 6) is 2.20. The lowest BCUT2D eigenvalue weighted by Gasteiger charge is -2.18. The van der Waals surface area contributed by atoms with Gasteiger partial charge in [-0.05, 0) is 36.8 Å². The maximum atomic E-state index is 12.4. The molecule has 0 aromatic heterocycles. The van der Waals surface area contributed by atoms with Gasteiger partial charge in [-0.3, -0.25) is 4.79 Å². The van der Waals surface area contributed by atoms with E-state index in [1.807, 2.05) is 49.4 Å². The van der Waals surface area contributed by atoms with E-state index in [0.717, 1.165) is 17.0 Å². The van der Waals surface area contributed by atoms with Crippen LogP contribution in [0.15, 0.2) is 42.5 Å². The third kappa shape index (κ3) is 3.39. The van der Waals surface area contributed by atoms with Crippen molar-refractivity contribution in [2.24, 2.45) is 0 Å². The van der Waals surface area contributed by atoms with Gasteiger partial charge < -0.3 is 19.1 Å². The number of anilines is 1. The van der Waals surface area contributed by atoms with Crippen LogP contribution in [0.2, 0.25) is 0 Å². The van der Waals surface area contributed by atoms with Crippen molar-refractivity contribution < 1.29 is 19.0 Å². The number of nitrogens with zero attached hydrogens (tertiary/aromatic N) is 1. The number of hydrogen-bond donors (Lipinski definition) is 0. The molecular weight excluding hydrogens is 294 g/mol. The van der Waals surface area contributed by atoms with Crippen LogP contribution in [-0.4, -0.2) is 26.4 Å². The lowest BCUT2D eigenvalue weighted by molar-refractivity contribution is -0.117. The van der Waals surface area contributed by atoms with Gasteiger partial charge in [0.25, 0.3) is 0 Å². The van der Waals surface area contributed by atoms with Crippen molar-refractivity contribution in [3.63, 3.8) is 0 Å². The third-order valence-corrected chi connectivity index (χ3v) is 3.71. The van der Waals surface area contributed by atoms with Crippen LogP contribution in [0.4, 0.5) is 5.69 Å². The van der Waals surface area contributed by atoms with Crippen LogP contribution in [0.1, 0.15) is 12.5 Å². The predicted octanol–water partition coefficient (Wildman–Crippen LogP) is 3.02. The van der Waals surface area contributed by atoms with Gasteiger partial charge in [-0.25, -0.2) is 0 Å². The molecule has 1 amide bonds.